The second-order valence-electron chi connectivity index (χ2n) is 7.14. The van der Waals surface area contributed by atoms with E-state index in [0.717, 1.165) is 4.47 Å². The van der Waals surface area contributed by atoms with Crippen molar-refractivity contribution in [3.8, 4) is 5.75 Å². The predicted octanol–water partition coefficient (Wildman–Crippen LogP) is 4.31. The highest BCUT2D eigenvalue weighted by Gasteiger charge is 2.47. The Hall–Kier alpha value is -1.80. The number of methoxy groups -OCH3 is 1. The Bertz CT molecular complexity index is 881. The summed E-state index contributed by atoms with van der Waals surface area (Å²) in [5, 5.41) is 0.334. The smallest absolute Gasteiger partial charge is 0.338 e. The van der Waals surface area contributed by atoms with Crippen LogP contribution in [0.4, 0.5) is 0 Å². The van der Waals surface area contributed by atoms with E-state index in [1.165, 1.54) is 11.8 Å². The molecule has 1 fully saturated rings. The molecule has 0 aromatic heterocycles. The highest BCUT2D eigenvalue weighted by atomic mass is 79.9. The van der Waals surface area contributed by atoms with Crippen LogP contribution in [0.5, 0.6) is 5.75 Å². The fourth-order valence-electron chi connectivity index (χ4n) is 3.20. The maximum Gasteiger partial charge on any atom is 0.338 e. The quantitative estimate of drug-likeness (QED) is 0.604. The molecule has 3 rings (SSSR count). The summed E-state index contributed by atoms with van der Waals surface area (Å²) in [6, 6.07) is 4.89. The molecule has 0 N–H and O–H groups in total. The number of thioether (sulfide) groups is 1. The molecule has 0 bridgehead atoms. The van der Waals surface area contributed by atoms with Crippen LogP contribution in [-0.4, -0.2) is 40.9 Å². The number of benzene rings is 1. The molecule has 1 saturated heterocycles. The first-order chi connectivity index (χ1) is 13.2. The number of rotatable bonds is 5. The summed E-state index contributed by atoms with van der Waals surface area (Å²) < 4.78 is 11.9. The summed E-state index contributed by atoms with van der Waals surface area (Å²) in [5.41, 5.74) is 1.63. The normalized spacial score (nSPS) is 21.8. The van der Waals surface area contributed by atoms with Gasteiger partial charge in [-0.25, -0.2) is 9.79 Å². The number of aliphatic imine (C=N–C) groups is 1. The molecule has 6 nitrogen and oxygen atoms in total. The lowest BCUT2D eigenvalue weighted by atomic mass is 9.93. The van der Waals surface area contributed by atoms with Gasteiger partial charge in [-0.2, -0.15) is 0 Å². The maximum absolute atomic E-state index is 13.0. The van der Waals surface area contributed by atoms with E-state index in [4.69, 9.17) is 9.47 Å². The van der Waals surface area contributed by atoms with Crippen molar-refractivity contribution in [2.24, 2.45) is 10.9 Å². The first kappa shape index (κ1) is 20.9. The van der Waals surface area contributed by atoms with E-state index in [2.05, 4.69) is 20.9 Å². The highest BCUT2D eigenvalue weighted by molar-refractivity contribution is 9.10. The number of carbonyl (C=O) groups excluding carboxylic acids is 2. The van der Waals surface area contributed by atoms with Crippen molar-refractivity contribution in [3.05, 3.63) is 39.5 Å². The van der Waals surface area contributed by atoms with Gasteiger partial charge in [-0.1, -0.05) is 41.5 Å². The maximum atomic E-state index is 13.0. The minimum absolute atomic E-state index is 0.0857. The molecule has 2 atom stereocenters. The predicted molar refractivity (Wildman–Crippen MR) is 113 cm³/mol. The molecule has 150 valence electrons. The highest BCUT2D eigenvalue weighted by Crippen LogP contribution is 2.46. The van der Waals surface area contributed by atoms with Gasteiger partial charge in [0, 0.05) is 10.0 Å². The number of hydrogen-bond acceptors (Lipinski definition) is 6. The van der Waals surface area contributed by atoms with Crippen molar-refractivity contribution in [2.45, 2.75) is 39.0 Å². The van der Waals surface area contributed by atoms with E-state index in [-0.39, 0.29) is 17.1 Å². The summed E-state index contributed by atoms with van der Waals surface area (Å²) >= 11 is 4.88. The molecule has 2 aliphatic heterocycles. The molecule has 0 aliphatic carbocycles. The molecule has 1 amide bonds. The molecule has 28 heavy (non-hydrogen) atoms. The number of nitrogens with zero attached hydrogens (tertiary/aromatic N) is 2. The number of fused-ring (bicyclic) bond motifs is 1. The number of hydrogen-bond donors (Lipinski definition) is 0. The van der Waals surface area contributed by atoms with Gasteiger partial charge in [-0.05, 0) is 38.0 Å². The van der Waals surface area contributed by atoms with E-state index in [1.54, 1.807) is 18.9 Å². The van der Waals surface area contributed by atoms with Crippen molar-refractivity contribution in [2.75, 3.05) is 13.7 Å². The minimum Gasteiger partial charge on any atom is -0.496 e. The molecule has 1 aromatic carbocycles. The number of amides is 1. The Kier molecular flexibility index (Phi) is 6.19. The average molecular weight is 467 g/mol. The molecular weight excluding hydrogens is 444 g/mol. The van der Waals surface area contributed by atoms with Gasteiger partial charge in [0.1, 0.15) is 11.8 Å². The van der Waals surface area contributed by atoms with Gasteiger partial charge in [0.2, 0.25) is 5.91 Å². The molecule has 0 radical (unpaired) electrons. The summed E-state index contributed by atoms with van der Waals surface area (Å²) in [4.78, 5) is 32.1. The molecule has 2 heterocycles. The fourth-order valence-corrected chi connectivity index (χ4v) is 4.60. The Morgan fingerprint density at radius 1 is 1.39 bits per heavy atom. The molecule has 0 spiro atoms. The van der Waals surface area contributed by atoms with Crippen molar-refractivity contribution in [1.29, 1.82) is 0 Å². The number of carbonyl (C=O) groups is 2. The Balaban J connectivity index is 2.16. The zero-order valence-corrected chi connectivity index (χ0v) is 18.9. The zero-order chi connectivity index (χ0) is 20.6. The van der Waals surface area contributed by atoms with Crippen LogP contribution < -0.4 is 4.74 Å². The Morgan fingerprint density at radius 3 is 2.75 bits per heavy atom. The van der Waals surface area contributed by atoms with Gasteiger partial charge >= 0.3 is 5.97 Å². The van der Waals surface area contributed by atoms with Crippen molar-refractivity contribution >= 4 is 44.7 Å². The van der Waals surface area contributed by atoms with E-state index in [9.17, 15) is 9.59 Å². The molecule has 1 aromatic rings. The first-order valence-corrected chi connectivity index (χ1v) is 10.7. The fraction of sp³-hybridized carbons (Fsp3) is 0.450. The molecule has 2 aliphatic rings. The first-order valence-electron chi connectivity index (χ1n) is 9.04. The van der Waals surface area contributed by atoms with Gasteiger partial charge in [0.15, 0.2) is 5.17 Å². The van der Waals surface area contributed by atoms with Crippen molar-refractivity contribution in [1.82, 2.24) is 4.90 Å². The van der Waals surface area contributed by atoms with E-state index >= 15 is 0 Å². The van der Waals surface area contributed by atoms with Crippen LogP contribution >= 0.6 is 27.7 Å². The second kappa shape index (κ2) is 8.29. The monoisotopic (exact) mass is 466 g/mol. The third-order valence-corrected chi connectivity index (χ3v) is 6.06. The average Bonchev–Trinajstić information content (AvgIpc) is 2.92. The van der Waals surface area contributed by atoms with Crippen LogP contribution in [0.3, 0.4) is 0 Å². The lowest BCUT2D eigenvalue weighted by Crippen LogP contribution is -2.40. The van der Waals surface area contributed by atoms with Gasteiger partial charge in [0.05, 0.1) is 30.2 Å². The topological polar surface area (TPSA) is 68.2 Å². The second-order valence-corrected chi connectivity index (χ2v) is 9.37. The van der Waals surface area contributed by atoms with Crippen LogP contribution in [0.25, 0.3) is 0 Å². The third kappa shape index (κ3) is 3.85. The van der Waals surface area contributed by atoms with Crippen LogP contribution in [0.1, 0.15) is 39.3 Å². The summed E-state index contributed by atoms with van der Waals surface area (Å²) in [6.07, 6.45) is 0. The van der Waals surface area contributed by atoms with E-state index < -0.39 is 12.0 Å². The van der Waals surface area contributed by atoms with Gasteiger partial charge in [0.25, 0.3) is 0 Å². The lowest BCUT2D eigenvalue weighted by Gasteiger charge is -2.33. The molecule has 0 saturated carbocycles. The number of halogens is 1. The van der Waals surface area contributed by atoms with Crippen LogP contribution in [0.15, 0.2) is 38.9 Å². The van der Waals surface area contributed by atoms with E-state index in [0.29, 0.717) is 34.4 Å². The van der Waals surface area contributed by atoms with Crippen LogP contribution in [-0.2, 0) is 14.3 Å². The molecular formula is C20H23BrN2O4S. The lowest BCUT2D eigenvalue weighted by molar-refractivity contribution is -0.141. The van der Waals surface area contributed by atoms with Gasteiger partial charge in [-0.15, -0.1) is 0 Å². The Morgan fingerprint density at radius 2 is 2.11 bits per heavy atom. The van der Waals surface area contributed by atoms with Crippen LogP contribution in [0, 0.1) is 5.92 Å². The molecule has 8 heteroatoms. The van der Waals surface area contributed by atoms with Gasteiger partial charge < -0.3 is 9.47 Å². The van der Waals surface area contributed by atoms with Gasteiger partial charge in [-0.3, -0.25) is 9.69 Å². The third-order valence-electron chi connectivity index (χ3n) is 4.51. The van der Waals surface area contributed by atoms with Crippen LogP contribution in [0.2, 0.25) is 0 Å². The number of esters is 1. The number of amidine groups is 1. The molecule has 2 unspecified atom stereocenters. The number of allylic oxidation sites excluding steroid dienone is 1. The summed E-state index contributed by atoms with van der Waals surface area (Å²) in [6.45, 7) is 7.87. The zero-order valence-electron chi connectivity index (χ0n) is 16.5. The van der Waals surface area contributed by atoms with Crippen molar-refractivity contribution < 1.29 is 19.1 Å². The van der Waals surface area contributed by atoms with Crippen molar-refractivity contribution in [3.63, 3.8) is 0 Å². The summed E-state index contributed by atoms with van der Waals surface area (Å²) in [5.74, 6) is 0.250. The largest absolute Gasteiger partial charge is 0.496 e. The standard InChI is InChI=1S/C20H23BrN2O4S/c1-10(2)9-27-19(25)16-11(3)22-20-23(18(24)12(4)28-20)17(16)14-8-13(21)6-7-15(14)26-5/h6-8,10,12,17H,9H2,1-5H3. The minimum atomic E-state index is -0.649. The summed E-state index contributed by atoms with van der Waals surface area (Å²) in [7, 11) is 1.57. The SMILES string of the molecule is COc1ccc(Br)cc1C1C(C(=O)OCC(C)C)=C(C)N=C2SC(C)C(=O)N21. The van der Waals surface area contributed by atoms with E-state index in [1.807, 2.05) is 39.0 Å². The Labute approximate surface area is 177 Å². The number of ether oxygens (including phenoxy) is 2.